The Morgan fingerprint density at radius 1 is 1.55 bits per heavy atom. The zero-order chi connectivity index (χ0) is 17.1. The molecule has 11 heteroatoms. The molecule has 0 saturated heterocycles. The maximum atomic E-state index is 13.4. The van der Waals surface area contributed by atoms with Crippen molar-refractivity contribution < 1.29 is 27.6 Å². The average Bonchev–Trinajstić information content (AvgIpc) is 2.40. The highest BCUT2D eigenvalue weighted by atomic mass is 79.9. The van der Waals surface area contributed by atoms with Gasteiger partial charge in [-0.05, 0) is 28.4 Å². The molecule has 0 amide bonds. The summed E-state index contributed by atoms with van der Waals surface area (Å²) < 4.78 is 39.3. The zero-order valence-corrected chi connectivity index (χ0v) is 13.6. The number of nitro benzene ring substituents is 1. The molecule has 8 nitrogen and oxygen atoms in total. The fraction of sp³-hybridized carbons (Fsp3) is 0.364. The predicted molar refractivity (Wildman–Crippen MR) is 77.4 cm³/mol. The Hall–Kier alpha value is -1.59. The first kappa shape index (κ1) is 18.5. The Bertz CT molecular complexity index is 709. The molecule has 0 aromatic heterocycles. The summed E-state index contributed by atoms with van der Waals surface area (Å²) in [6.45, 7) is 1.65. The Morgan fingerprint density at radius 3 is 2.59 bits per heavy atom. The summed E-state index contributed by atoms with van der Waals surface area (Å²) in [6, 6.07) is -0.257. The topological polar surface area (TPSA) is 127 Å². The number of carbonyl (C=O) groups is 1. The highest BCUT2D eigenvalue weighted by molar-refractivity contribution is 9.10. The van der Waals surface area contributed by atoms with Crippen LogP contribution in [0.25, 0.3) is 0 Å². The van der Waals surface area contributed by atoms with Crippen LogP contribution in [0.4, 0.5) is 10.1 Å². The van der Waals surface area contributed by atoms with E-state index in [-0.39, 0.29) is 10.9 Å². The summed E-state index contributed by atoms with van der Waals surface area (Å²) >= 11 is 2.74. The molecule has 1 unspecified atom stereocenters. The Morgan fingerprint density at radius 2 is 2.14 bits per heavy atom. The monoisotopic (exact) mass is 398 g/mol. The van der Waals surface area contributed by atoms with Crippen molar-refractivity contribution in [3.8, 4) is 0 Å². The SMILES string of the molecule is CCCC(NS(=O)(=O)c1cc(Br)c(F)cc1[N+](=O)[O-])C(=O)O. The lowest BCUT2D eigenvalue weighted by Gasteiger charge is -2.14. The molecule has 0 aliphatic heterocycles. The molecule has 0 heterocycles. The van der Waals surface area contributed by atoms with Crippen LogP contribution in [-0.4, -0.2) is 30.5 Å². The van der Waals surface area contributed by atoms with E-state index in [9.17, 15) is 27.7 Å². The van der Waals surface area contributed by atoms with Crippen LogP contribution in [-0.2, 0) is 14.8 Å². The molecule has 1 atom stereocenters. The number of carboxylic acids is 1. The highest BCUT2D eigenvalue weighted by Gasteiger charge is 2.31. The van der Waals surface area contributed by atoms with Gasteiger partial charge in [0.05, 0.1) is 15.5 Å². The third-order valence-corrected chi connectivity index (χ3v) is 4.77. The molecule has 0 aliphatic rings. The van der Waals surface area contributed by atoms with Gasteiger partial charge in [-0.25, -0.2) is 12.8 Å². The molecular weight excluding hydrogens is 387 g/mol. The number of nitrogens with zero attached hydrogens (tertiary/aromatic N) is 1. The quantitative estimate of drug-likeness (QED) is 0.534. The van der Waals surface area contributed by atoms with Crippen LogP contribution in [0, 0.1) is 15.9 Å². The maximum Gasteiger partial charge on any atom is 0.321 e. The average molecular weight is 399 g/mol. The number of aliphatic carboxylic acids is 1. The van der Waals surface area contributed by atoms with Gasteiger partial charge < -0.3 is 5.11 Å². The largest absolute Gasteiger partial charge is 0.480 e. The molecule has 1 aromatic carbocycles. The number of hydrogen-bond acceptors (Lipinski definition) is 5. The molecule has 0 radical (unpaired) electrons. The number of carboxylic acid groups (broad SMARTS) is 1. The maximum absolute atomic E-state index is 13.4. The highest BCUT2D eigenvalue weighted by Crippen LogP contribution is 2.30. The van der Waals surface area contributed by atoms with E-state index in [2.05, 4.69) is 15.9 Å². The second-order valence-electron chi connectivity index (χ2n) is 4.29. The van der Waals surface area contributed by atoms with E-state index in [1.54, 1.807) is 6.92 Å². The van der Waals surface area contributed by atoms with Gasteiger partial charge in [0.15, 0.2) is 4.90 Å². The van der Waals surface area contributed by atoms with Crippen LogP contribution in [0.1, 0.15) is 19.8 Å². The van der Waals surface area contributed by atoms with E-state index >= 15 is 0 Å². The second kappa shape index (κ2) is 7.11. The van der Waals surface area contributed by atoms with Crippen molar-refractivity contribution in [2.75, 3.05) is 0 Å². The van der Waals surface area contributed by atoms with Crippen molar-refractivity contribution in [1.29, 1.82) is 0 Å². The number of benzene rings is 1. The first-order valence-corrected chi connectivity index (χ1v) is 8.26. The number of sulfonamides is 1. The van der Waals surface area contributed by atoms with E-state index in [4.69, 9.17) is 5.11 Å². The standard InChI is InChI=1S/C11H12BrFN2O6S/c1-2-3-8(11(16)17)14-22(20,21)10-4-6(12)7(13)5-9(10)15(18)19/h4-5,8,14H,2-3H2,1H3,(H,16,17). The van der Waals surface area contributed by atoms with Gasteiger partial charge >= 0.3 is 5.97 Å². The zero-order valence-electron chi connectivity index (χ0n) is 11.2. The lowest BCUT2D eigenvalue weighted by atomic mass is 10.2. The van der Waals surface area contributed by atoms with Crippen LogP contribution >= 0.6 is 15.9 Å². The Balaban J connectivity index is 3.36. The van der Waals surface area contributed by atoms with Crippen molar-refractivity contribution in [1.82, 2.24) is 4.72 Å². The van der Waals surface area contributed by atoms with E-state index in [1.165, 1.54) is 0 Å². The minimum atomic E-state index is -4.51. The predicted octanol–water partition coefficient (Wildman–Crippen LogP) is 2.03. The molecule has 0 aliphatic carbocycles. The molecule has 0 spiro atoms. The van der Waals surface area contributed by atoms with Crippen molar-refractivity contribution in [3.63, 3.8) is 0 Å². The van der Waals surface area contributed by atoms with Gasteiger partial charge in [-0.15, -0.1) is 0 Å². The van der Waals surface area contributed by atoms with Gasteiger partial charge in [0.2, 0.25) is 10.0 Å². The summed E-state index contributed by atoms with van der Waals surface area (Å²) in [6.07, 6.45) is 0.388. The van der Waals surface area contributed by atoms with Crippen molar-refractivity contribution >= 4 is 37.6 Å². The van der Waals surface area contributed by atoms with E-state index in [0.717, 1.165) is 6.07 Å². The lowest BCUT2D eigenvalue weighted by Crippen LogP contribution is -2.40. The summed E-state index contributed by atoms with van der Waals surface area (Å²) in [4.78, 5) is 20.0. The first-order chi connectivity index (χ1) is 10.1. The lowest BCUT2D eigenvalue weighted by molar-refractivity contribution is -0.388. The molecule has 0 bridgehead atoms. The fourth-order valence-electron chi connectivity index (χ4n) is 1.65. The van der Waals surface area contributed by atoms with E-state index in [0.29, 0.717) is 12.5 Å². The summed E-state index contributed by atoms with van der Waals surface area (Å²) in [5, 5.41) is 19.9. The normalized spacial score (nSPS) is 12.9. The van der Waals surface area contributed by atoms with Crippen LogP contribution in [0.2, 0.25) is 0 Å². The smallest absolute Gasteiger partial charge is 0.321 e. The molecule has 0 saturated carbocycles. The van der Waals surface area contributed by atoms with Crippen molar-refractivity contribution in [2.45, 2.75) is 30.7 Å². The van der Waals surface area contributed by atoms with E-state index in [1.807, 2.05) is 4.72 Å². The van der Waals surface area contributed by atoms with Gasteiger partial charge in [-0.2, -0.15) is 4.72 Å². The second-order valence-corrected chi connectivity index (χ2v) is 6.83. The molecular formula is C11H12BrFN2O6S. The van der Waals surface area contributed by atoms with Crippen LogP contribution in [0.5, 0.6) is 0 Å². The van der Waals surface area contributed by atoms with Crippen LogP contribution < -0.4 is 4.72 Å². The number of rotatable bonds is 7. The third kappa shape index (κ3) is 4.21. The van der Waals surface area contributed by atoms with Gasteiger partial charge in [0.25, 0.3) is 5.69 Å². The molecule has 122 valence electrons. The van der Waals surface area contributed by atoms with Crippen molar-refractivity contribution in [2.24, 2.45) is 0 Å². The minimum Gasteiger partial charge on any atom is -0.480 e. The summed E-state index contributed by atoms with van der Waals surface area (Å²) in [7, 11) is -4.51. The first-order valence-electron chi connectivity index (χ1n) is 5.98. The molecule has 22 heavy (non-hydrogen) atoms. The van der Waals surface area contributed by atoms with Gasteiger partial charge in [0.1, 0.15) is 11.9 Å². The number of hydrogen-bond donors (Lipinski definition) is 2. The molecule has 2 N–H and O–H groups in total. The Kier molecular flexibility index (Phi) is 5.97. The molecule has 1 aromatic rings. The van der Waals surface area contributed by atoms with Gasteiger partial charge in [0, 0.05) is 0 Å². The molecule has 0 fully saturated rings. The molecule has 1 rings (SSSR count). The minimum absolute atomic E-state index is 0.00469. The Labute approximate surface area is 133 Å². The number of nitro groups is 1. The third-order valence-electron chi connectivity index (χ3n) is 2.66. The fourth-order valence-corrected chi connectivity index (χ4v) is 3.55. The van der Waals surface area contributed by atoms with E-state index < -0.39 is 43.4 Å². The summed E-state index contributed by atoms with van der Waals surface area (Å²) in [5.41, 5.74) is -0.978. The van der Waals surface area contributed by atoms with Crippen LogP contribution in [0.15, 0.2) is 21.5 Å². The summed E-state index contributed by atoms with van der Waals surface area (Å²) in [5.74, 6) is -2.41. The number of nitrogens with one attached hydrogen (secondary N) is 1. The van der Waals surface area contributed by atoms with Crippen LogP contribution in [0.3, 0.4) is 0 Å². The van der Waals surface area contributed by atoms with Gasteiger partial charge in [-0.1, -0.05) is 13.3 Å². The van der Waals surface area contributed by atoms with Gasteiger partial charge in [-0.3, -0.25) is 14.9 Å². The van der Waals surface area contributed by atoms with Crippen molar-refractivity contribution in [3.05, 3.63) is 32.5 Å². The number of halogens is 2.